The van der Waals surface area contributed by atoms with E-state index in [4.69, 9.17) is 0 Å². The molecule has 10 heteroatoms. The van der Waals surface area contributed by atoms with Gasteiger partial charge in [0.15, 0.2) is 0 Å². The fraction of sp³-hybridized carbons (Fsp3) is 0.333. The molecule has 1 rings (SSSR count). The monoisotopic (exact) mass is 296 g/mol. The predicted octanol–water partition coefficient (Wildman–Crippen LogP) is 4.21. The molecule has 0 N–H and O–H groups in total. The molecule has 0 aromatic heterocycles. The van der Waals surface area contributed by atoms with E-state index in [9.17, 15) is 35.1 Å². The Morgan fingerprint density at radius 1 is 0.947 bits per heavy atom. The van der Waals surface area contributed by atoms with E-state index in [1.165, 1.54) is 0 Å². The highest BCUT2D eigenvalue weighted by Crippen LogP contribution is 2.40. The molecule has 108 valence electrons. The summed E-state index contributed by atoms with van der Waals surface area (Å²) in [6.45, 7) is -3.41. The summed E-state index contributed by atoms with van der Waals surface area (Å²) in [5.41, 5.74) is -1.87. The lowest BCUT2D eigenvalue weighted by atomic mass is 10.2. The minimum atomic E-state index is -5.34. The molecule has 0 heterocycles. The summed E-state index contributed by atoms with van der Waals surface area (Å²) in [5, 5.41) is 0. The van der Waals surface area contributed by atoms with Gasteiger partial charge >= 0.3 is 19.2 Å². The van der Waals surface area contributed by atoms with Crippen molar-refractivity contribution in [2.24, 2.45) is 0 Å². The van der Waals surface area contributed by atoms with Gasteiger partial charge in [0.25, 0.3) is 0 Å². The Morgan fingerprint density at radius 2 is 1.53 bits per heavy atom. The Morgan fingerprint density at radius 3 is 1.95 bits per heavy atom. The zero-order valence-electron chi connectivity index (χ0n) is 8.65. The van der Waals surface area contributed by atoms with Gasteiger partial charge in [-0.15, -0.1) is 13.2 Å². The molecule has 0 spiro atoms. The van der Waals surface area contributed by atoms with E-state index in [1.54, 1.807) is 0 Å². The third kappa shape index (κ3) is 4.79. The molecule has 0 atom stereocenters. The van der Waals surface area contributed by atoms with Gasteiger partial charge in [0, 0.05) is 0 Å². The third-order valence-corrected chi connectivity index (χ3v) is 1.71. The number of rotatable bonds is 3. The van der Waals surface area contributed by atoms with Crippen molar-refractivity contribution in [2.45, 2.75) is 19.2 Å². The number of hydrogen-bond acceptors (Lipinski definition) is 2. The number of alkyl halides is 8. The Kier molecular flexibility index (Phi) is 4.11. The summed E-state index contributed by atoms with van der Waals surface area (Å²) >= 11 is 0. The van der Waals surface area contributed by atoms with E-state index in [-0.39, 0.29) is 12.1 Å². The maximum Gasteiger partial charge on any atom is 0.573 e. The highest BCUT2D eigenvalue weighted by Gasteiger charge is 2.39. The molecule has 0 bridgehead atoms. The molecule has 0 aliphatic carbocycles. The second kappa shape index (κ2) is 5.10. The normalized spacial score (nSPS) is 12.7. The van der Waals surface area contributed by atoms with Gasteiger partial charge in [-0.25, -0.2) is 0 Å². The number of ether oxygens (including phenoxy) is 2. The van der Waals surface area contributed by atoms with Crippen LogP contribution in [0.3, 0.4) is 0 Å². The summed E-state index contributed by atoms with van der Waals surface area (Å²) in [6.07, 6.45) is -10.6. The fourth-order valence-electron chi connectivity index (χ4n) is 1.12. The first-order valence-corrected chi connectivity index (χ1v) is 4.41. The van der Waals surface area contributed by atoms with Crippen LogP contribution in [0.25, 0.3) is 0 Å². The number of halogens is 8. The molecule has 1 aromatic rings. The standard InChI is InChI=1S/C9H4F8O2/c10-7(11)18-4-1-2-6(19-9(15,16)17)5(3-4)8(12,13)14/h1-3,7H. The maximum atomic E-state index is 12.5. The van der Waals surface area contributed by atoms with Crippen molar-refractivity contribution in [2.75, 3.05) is 0 Å². The van der Waals surface area contributed by atoms with Crippen LogP contribution < -0.4 is 9.47 Å². The van der Waals surface area contributed by atoms with Crippen LogP contribution in [0.2, 0.25) is 0 Å². The van der Waals surface area contributed by atoms with E-state index in [2.05, 4.69) is 9.47 Å². The summed E-state index contributed by atoms with van der Waals surface area (Å²) in [5.74, 6) is -2.49. The lowest BCUT2D eigenvalue weighted by Gasteiger charge is -2.16. The molecule has 0 radical (unpaired) electrons. The van der Waals surface area contributed by atoms with Gasteiger partial charge < -0.3 is 9.47 Å². The molecule has 0 saturated heterocycles. The Labute approximate surface area is 100 Å². The first-order chi connectivity index (χ1) is 8.49. The van der Waals surface area contributed by atoms with E-state index in [1.807, 2.05) is 0 Å². The first kappa shape index (κ1) is 15.3. The van der Waals surface area contributed by atoms with Crippen molar-refractivity contribution in [3.63, 3.8) is 0 Å². The average Bonchev–Trinajstić information content (AvgIpc) is 2.15. The van der Waals surface area contributed by atoms with Crippen LogP contribution in [0.15, 0.2) is 18.2 Å². The summed E-state index contributed by atoms with van der Waals surface area (Å²) in [4.78, 5) is 0. The molecule has 19 heavy (non-hydrogen) atoms. The SMILES string of the molecule is FC(F)Oc1ccc(OC(F)(F)F)c(C(F)(F)F)c1. The molecule has 0 amide bonds. The van der Waals surface area contributed by atoms with Gasteiger partial charge in [0.1, 0.15) is 17.1 Å². The first-order valence-electron chi connectivity index (χ1n) is 4.41. The van der Waals surface area contributed by atoms with Gasteiger partial charge in [-0.05, 0) is 18.2 Å². The quantitative estimate of drug-likeness (QED) is 0.778. The molecular formula is C9H4F8O2. The summed E-state index contributed by atoms with van der Waals surface area (Å²) in [6, 6.07) is 0.740. The second-order valence-corrected chi connectivity index (χ2v) is 3.08. The van der Waals surface area contributed by atoms with Crippen molar-refractivity contribution >= 4 is 0 Å². The molecule has 0 aliphatic heterocycles. The van der Waals surface area contributed by atoms with Gasteiger partial charge in [0.05, 0.1) is 0 Å². The third-order valence-electron chi connectivity index (χ3n) is 1.71. The van der Waals surface area contributed by atoms with E-state index in [0.717, 1.165) is 0 Å². The van der Waals surface area contributed by atoms with Crippen molar-refractivity contribution in [3.05, 3.63) is 23.8 Å². The van der Waals surface area contributed by atoms with Gasteiger partial charge in [-0.2, -0.15) is 22.0 Å². The van der Waals surface area contributed by atoms with Crippen LogP contribution in [0.1, 0.15) is 5.56 Å². The molecule has 0 saturated carbocycles. The highest BCUT2D eigenvalue weighted by molar-refractivity contribution is 5.42. The Balaban J connectivity index is 3.18. The van der Waals surface area contributed by atoms with Crippen molar-refractivity contribution < 1.29 is 44.6 Å². The Bertz CT molecular complexity index is 437. The van der Waals surface area contributed by atoms with Crippen LogP contribution >= 0.6 is 0 Å². The fourth-order valence-corrected chi connectivity index (χ4v) is 1.12. The zero-order chi connectivity index (χ0) is 14.8. The molecule has 1 aromatic carbocycles. The van der Waals surface area contributed by atoms with Crippen molar-refractivity contribution in [1.29, 1.82) is 0 Å². The van der Waals surface area contributed by atoms with Crippen molar-refractivity contribution in [3.8, 4) is 11.5 Å². The summed E-state index contributed by atoms with van der Waals surface area (Å²) in [7, 11) is 0. The summed E-state index contributed by atoms with van der Waals surface area (Å²) < 4.78 is 103. The Hall–Kier alpha value is -1.74. The minimum absolute atomic E-state index is 0.00671. The van der Waals surface area contributed by atoms with Crippen LogP contribution in [0, 0.1) is 0 Å². The molecule has 0 fully saturated rings. The second-order valence-electron chi connectivity index (χ2n) is 3.08. The largest absolute Gasteiger partial charge is 0.573 e. The molecule has 0 unspecified atom stereocenters. The smallest absolute Gasteiger partial charge is 0.435 e. The van der Waals surface area contributed by atoms with E-state index < -0.39 is 36.2 Å². The van der Waals surface area contributed by atoms with Gasteiger partial charge in [0.2, 0.25) is 0 Å². The van der Waals surface area contributed by atoms with Gasteiger partial charge in [-0.1, -0.05) is 0 Å². The minimum Gasteiger partial charge on any atom is -0.435 e. The van der Waals surface area contributed by atoms with E-state index in [0.29, 0.717) is 6.07 Å². The van der Waals surface area contributed by atoms with Crippen LogP contribution in [0.4, 0.5) is 35.1 Å². The average molecular weight is 296 g/mol. The predicted molar refractivity (Wildman–Crippen MR) is 44.8 cm³/mol. The molecular weight excluding hydrogens is 292 g/mol. The highest BCUT2D eigenvalue weighted by atomic mass is 19.4. The van der Waals surface area contributed by atoms with Crippen molar-refractivity contribution in [1.82, 2.24) is 0 Å². The topological polar surface area (TPSA) is 18.5 Å². The number of benzene rings is 1. The van der Waals surface area contributed by atoms with Crippen LogP contribution in [-0.2, 0) is 6.18 Å². The van der Waals surface area contributed by atoms with E-state index >= 15 is 0 Å². The zero-order valence-corrected chi connectivity index (χ0v) is 8.65. The molecule has 2 nitrogen and oxygen atoms in total. The van der Waals surface area contributed by atoms with Gasteiger partial charge in [-0.3, -0.25) is 0 Å². The van der Waals surface area contributed by atoms with Crippen LogP contribution in [-0.4, -0.2) is 13.0 Å². The maximum absolute atomic E-state index is 12.5. The van der Waals surface area contributed by atoms with Crippen LogP contribution in [0.5, 0.6) is 11.5 Å². The lowest BCUT2D eigenvalue weighted by Crippen LogP contribution is -2.20. The number of hydrogen-bond donors (Lipinski definition) is 0. The lowest BCUT2D eigenvalue weighted by molar-refractivity contribution is -0.276. The molecule has 0 aliphatic rings.